The predicted octanol–water partition coefficient (Wildman–Crippen LogP) is 3.78. The number of ether oxygens (including phenoxy) is 1. The van der Waals surface area contributed by atoms with Gasteiger partial charge in [0.1, 0.15) is 5.82 Å². The fraction of sp³-hybridized carbons (Fsp3) is 0.345. The molecule has 1 unspecified atom stereocenters. The average molecular weight is 533 g/mol. The highest BCUT2D eigenvalue weighted by Gasteiger charge is 2.23. The molecule has 3 aromatic rings. The number of carbonyl (C=O) groups is 2. The lowest BCUT2D eigenvalue weighted by molar-refractivity contribution is 0.0496. The lowest BCUT2D eigenvalue weighted by atomic mass is 10.1. The number of hydrogen-bond donors (Lipinski definition) is 2. The molecule has 2 aromatic carbocycles. The molecule has 1 aromatic heterocycles. The standard InChI is InChI=1S/C29H33FN6O3/c1-20-6-8-23(32-28(37)21-4-3-5-24(16-21)36-14-15-39-19-26(36)30)17-25(20)33-29(38)22-7-9-27(31-18-22)35-12-10-34(2)11-13-35/h3-9,16-18,26H,10-15,19H2,1-2H3,(H,32,37)(H,33,38). The number of nitrogens with zero attached hydrogens (tertiary/aromatic N) is 4. The lowest BCUT2D eigenvalue weighted by Gasteiger charge is -2.33. The average Bonchev–Trinajstić information content (AvgIpc) is 2.95. The Morgan fingerprint density at radius 2 is 1.74 bits per heavy atom. The number of halogens is 1. The van der Waals surface area contributed by atoms with Gasteiger partial charge in [-0.15, -0.1) is 0 Å². The Morgan fingerprint density at radius 1 is 0.949 bits per heavy atom. The highest BCUT2D eigenvalue weighted by atomic mass is 19.1. The van der Waals surface area contributed by atoms with E-state index in [0.717, 1.165) is 37.6 Å². The number of rotatable bonds is 6. The van der Waals surface area contributed by atoms with Gasteiger partial charge in [-0.1, -0.05) is 12.1 Å². The number of nitrogens with one attached hydrogen (secondary N) is 2. The van der Waals surface area contributed by atoms with Crippen LogP contribution in [-0.2, 0) is 4.74 Å². The zero-order valence-electron chi connectivity index (χ0n) is 22.2. The third kappa shape index (κ3) is 6.35. The van der Waals surface area contributed by atoms with Gasteiger partial charge in [0.05, 0.1) is 18.8 Å². The molecular formula is C29H33FN6O3. The van der Waals surface area contributed by atoms with Crippen molar-refractivity contribution >= 4 is 34.7 Å². The molecule has 0 aliphatic carbocycles. The molecule has 39 heavy (non-hydrogen) atoms. The predicted molar refractivity (Wildman–Crippen MR) is 151 cm³/mol. The van der Waals surface area contributed by atoms with Gasteiger partial charge in [0.25, 0.3) is 11.8 Å². The minimum Gasteiger partial charge on any atom is -0.375 e. The van der Waals surface area contributed by atoms with E-state index in [0.29, 0.717) is 41.3 Å². The summed E-state index contributed by atoms with van der Waals surface area (Å²) in [6.45, 7) is 6.51. The summed E-state index contributed by atoms with van der Waals surface area (Å²) in [6, 6.07) is 15.8. The van der Waals surface area contributed by atoms with Crippen LogP contribution in [-0.4, -0.2) is 81.0 Å². The Bertz CT molecular complexity index is 1330. The van der Waals surface area contributed by atoms with Gasteiger partial charge in [-0.3, -0.25) is 9.59 Å². The molecular weight excluding hydrogens is 499 g/mol. The smallest absolute Gasteiger partial charge is 0.257 e. The summed E-state index contributed by atoms with van der Waals surface area (Å²) in [5.41, 5.74) is 3.46. The summed E-state index contributed by atoms with van der Waals surface area (Å²) < 4.78 is 19.5. The van der Waals surface area contributed by atoms with E-state index in [2.05, 4.69) is 32.5 Å². The molecule has 1 atom stereocenters. The summed E-state index contributed by atoms with van der Waals surface area (Å²) in [5.74, 6) is 0.253. The summed E-state index contributed by atoms with van der Waals surface area (Å²) in [7, 11) is 2.10. The van der Waals surface area contributed by atoms with Crippen LogP contribution in [0.5, 0.6) is 0 Å². The maximum atomic E-state index is 14.3. The number of amides is 2. The maximum absolute atomic E-state index is 14.3. The van der Waals surface area contributed by atoms with E-state index in [9.17, 15) is 14.0 Å². The van der Waals surface area contributed by atoms with Gasteiger partial charge in [-0.2, -0.15) is 0 Å². The molecule has 5 rings (SSSR count). The van der Waals surface area contributed by atoms with Crippen LogP contribution in [0.3, 0.4) is 0 Å². The molecule has 204 valence electrons. The van der Waals surface area contributed by atoms with Crippen LogP contribution in [0.2, 0.25) is 0 Å². The first-order valence-corrected chi connectivity index (χ1v) is 13.1. The topological polar surface area (TPSA) is 90.0 Å². The molecule has 2 aliphatic heterocycles. The fourth-order valence-electron chi connectivity index (χ4n) is 4.67. The first-order chi connectivity index (χ1) is 18.9. The third-order valence-corrected chi connectivity index (χ3v) is 7.09. The second kappa shape index (κ2) is 11.8. The second-order valence-corrected chi connectivity index (χ2v) is 9.89. The van der Waals surface area contributed by atoms with E-state index in [-0.39, 0.29) is 18.4 Å². The molecule has 10 heteroatoms. The highest BCUT2D eigenvalue weighted by Crippen LogP contribution is 2.25. The van der Waals surface area contributed by atoms with Gasteiger partial charge in [-0.25, -0.2) is 9.37 Å². The SMILES string of the molecule is Cc1ccc(NC(=O)c2cccc(N3CCOCC3F)c2)cc1NC(=O)c1ccc(N2CCN(C)CC2)nc1. The Morgan fingerprint density at radius 3 is 2.49 bits per heavy atom. The van der Waals surface area contributed by atoms with Crippen molar-refractivity contribution in [3.05, 3.63) is 77.5 Å². The Hall–Kier alpha value is -4.02. The van der Waals surface area contributed by atoms with E-state index >= 15 is 0 Å². The van der Waals surface area contributed by atoms with Gasteiger partial charge >= 0.3 is 0 Å². The summed E-state index contributed by atoms with van der Waals surface area (Å²) >= 11 is 0. The van der Waals surface area contributed by atoms with Gasteiger partial charge in [-0.05, 0) is 62.0 Å². The minimum absolute atomic E-state index is 0.00472. The number of morpholine rings is 1. The number of pyridine rings is 1. The first kappa shape index (κ1) is 26.6. The number of alkyl halides is 1. The van der Waals surface area contributed by atoms with Crippen LogP contribution in [0.15, 0.2) is 60.8 Å². The van der Waals surface area contributed by atoms with Crippen molar-refractivity contribution in [3.8, 4) is 0 Å². The van der Waals surface area contributed by atoms with E-state index in [1.807, 2.05) is 19.1 Å². The minimum atomic E-state index is -1.25. The Kier molecular flexibility index (Phi) is 8.04. The molecule has 0 radical (unpaired) electrons. The number of piperazine rings is 1. The Balaban J connectivity index is 1.24. The summed E-state index contributed by atoms with van der Waals surface area (Å²) in [6.07, 6.45) is 0.339. The molecule has 3 heterocycles. The van der Waals surface area contributed by atoms with Crippen LogP contribution in [0, 0.1) is 6.92 Å². The normalized spacial score (nSPS) is 18.1. The van der Waals surface area contributed by atoms with Gasteiger partial charge in [0.15, 0.2) is 6.30 Å². The van der Waals surface area contributed by atoms with Crippen molar-refractivity contribution in [1.29, 1.82) is 0 Å². The summed E-state index contributed by atoms with van der Waals surface area (Å²) in [4.78, 5) is 36.5. The number of aromatic nitrogens is 1. The van der Waals surface area contributed by atoms with E-state index in [1.165, 1.54) is 0 Å². The summed E-state index contributed by atoms with van der Waals surface area (Å²) in [5, 5.41) is 5.81. The molecule has 2 saturated heterocycles. The van der Waals surface area contributed by atoms with E-state index < -0.39 is 6.30 Å². The monoisotopic (exact) mass is 532 g/mol. The highest BCUT2D eigenvalue weighted by molar-refractivity contribution is 6.07. The van der Waals surface area contributed by atoms with E-state index in [4.69, 9.17) is 4.74 Å². The van der Waals surface area contributed by atoms with Crippen molar-refractivity contribution in [2.75, 3.05) is 73.4 Å². The maximum Gasteiger partial charge on any atom is 0.257 e. The van der Waals surface area contributed by atoms with Crippen LogP contribution in [0.25, 0.3) is 0 Å². The van der Waals surface area contributed by atoms with Gasteiger partial charge < -0.3 is 30.1 Å². The van der Waals surface area contributed by atoms with Crippen LogP contribution < -0.4 is 20.4 Å². The molecule has 2 fully saturated rings. The Labute approximate surface area is 227 Å². The number of hydrogen-bond acceptors (Lipinski definition) is 7. The van der Waals surface area contributed by atoms with Crippen molar-refractivity contribution in [1.82, 2.24) is 9.88 Å². The fourth-order valence-corrected chi connectivity index (χ4v) is 4.67. The van der Waals surface area contributed by atoms with Crippen molar-refractivity contribution in [3.63, 3.8) is 0 Å². The number of anilines is 4. The first-order valence-electron chi connectivity index (χ1n) is 13.1. The zero-order valence-corrected chi connectivity index (χ0v) is 22.2. The van der Waals surface area contributed by atoms with Gasteiger partial charge in [0, 0.05) is 61.5 Å². The quantitative estimate of drug-likeness (QED) is 0.467. The molecule has 2 N–H and O–H groups in total. The number of aryl methyl sites for hydroxylation is 1. The molecule has 2 amide bonds. The largest absolute Gasteiger partial charge is 0.375 e. The van der Waals surface area contributed by atoms with Crippen molar-refractivity contribution in [2.24, 2.45) is 0 Å². The number of carbonyl (C=O) groups excluding carboxylic acids is 2. The number of likely N-dealkylation sites (N-methyl/N-ethyl adjacent to an activating group) is 1. The van der Waals surface area contributed by atoms with Crippen LogP contribution in [0.4, 0.5) is 27.3 Å². The second-order valence-electron chi connectivity index (χ2n) is 9.89. The molecule has 2 aliphatic rings. The zero-order chi connectivity index (χ0) is 27.4. The molecule has 0 spiro atoms. The van der Waals surface area contributed by atoms with Gasteiger partial charge in [0.2, 0.25) is 0 Å². The van der Waals surface area contributed by atoms with Crippen LogP contribution >= 0.6 is 0 Å². The van der Waals surface area contributed by atoms with E-state index in [1.54, 1.807) is 53.6 Å². The molecule has 0 bridgehead atoms. The molecule has 9 nitrogen and oxygen atoms in total. The lowest BCUT2D eigenvalue weighted by Crippen LogP contribution is -2.44. The van der Waals surface area contributed by atoms with Crippen LogP contribution in [0.1, 0.15) is 26.3 Å². The third-order valence-electron chi connectivity index (χ3n) is 7.09. The molecule has 0 saturated carbocycles. The van der Waals surface area contributed by atoms with Crippen molar-refractivity contribution < 1.29 is 18.7 Å². The van der Waals surface area contributed by atoms with Crippen molar-refractivity contribution in [2.45, 2.75) is 13.2 Å². The number of benzene rings is 2.